The molecule has 5 nitrogen and oxygen atoms in total. The summed E-state index contributed by atoms with van der Waals surface area (Å²) in [4.78, 5) is 4.35. The van der Waals surface area contributed by atoms with Crippen LogP contribution in [0.15, 0.2) is 4.99 Å². The molecule has 0 bridgehead atoms. The zero-order chi connectivity index (χ0) is 15.7. The van der Waals surface area contributed by atoms with Gasteiger partial charge < -0.3 is 20.1 Å². The van der Waals surface area contributed by atoms with E-state index in [0.29, 0.717) is 11.5 Å². The minimum absolute atomic E-state index is 0. The van der Waals surface area contributed by atoms with E-state index in [1.807, 2.05) is 7.05 Å². The lowest BCUT2D eigenvalue weighted by Crippen LogP contribution is -2.45. The first-order valence-electron chi connectivity index (χ1n) is 8.92. The summed E-state index contributed by atoms with van der Waals surface area (Å²) < 4.78 is 11.2. The summed E-state index contributed by atoms with van der Waals surface area (Å²) in [5.41, 5.74) is 0.386. The summed E-state index contributed by atoms with van der Waals surface area (Å²) >= 11 is 0. The van der Waals surface area contributed by atoms with E-state index in [2.05, 4.69) is 22.5 Å². The molecule has 2 aliphatic rings. The topological polar surface area (TPSA) is 54.9 Å². The van der Waals surface area contributed by atoms with Gasteiger partial charge in [-0.2, -0.15) is 0 Å². The first kappa shape index (κ1) is 21.0. The molecule has 0 spiro atoms. The number of hydrogen-bond donors (Lipinski definition) is 2. The molecule has 1 unspecified atom stereocenters. The van der Waals surface area contributed by atoms with Crippen LogP contribution in [0.1, 0.15) is 51.9 Å². The van der Waals surface area contributed by atoms with E-state index in [-0.39, 0.29) is 24.0 Å². The lowest BCUT2D eigenvalue weighted by Gasteiger charge is -2.30. The minimum atomic E-state index is 0. The van der Waals surface area contributed by atoms with E-state index < -0.39 is 0 Å². The van der Waals surface area contributed by atoms with Crippen LogP contribution in [0.3, 0.4) is 0 Å². The highest BCUT2D eigenvalue weighted by atomic mass is 127. The fourth-order valence-corrected chi connectivity index (χ4v) is 3.58. The molecule has 0 radical (unpaired) electrons. The first-order chi connectivity index (χ1) is 10.8. The molecule has 2 rings (SSSR count). The van der Waals surface area contributed by atoms with Gasteiger partial charge in [0.05, 0.1) is 6.10 Å². The van der Waals surface area contributed by atoms with E-state index in [9.17, 15) is 0 Å². The standard InChI is InChI=1S/C17H33N3O2.HI/c1-3-21-12-10-17(8-4-5-9-17)14-20-16(18-2)19-13-15-7-6-11-22-15;/h15H,3-14H2,1-2H3,(H2,18,19,20);1H. The molecule has 1 heterocycles. The second-order valence-corrected chi connectivity index (χ2v) is 6.60. The van der Waals surface area contributed by atoms with Crippen molar-refractivity contribution in [3.63, 3.8) is 0 Å². The van der Waals surface area contributed by atoms with E-state index >= 15 is 0 Å². The van der Waals surface area contributed by atoms with Gasteiger partial charge in [-0.3, -0.25) is 4.99 Å². The quantitative estimate of drug-likeness (QED) is 0.264. The highest BCUT2D eigenvalue weighted by Crippen LogP contribution is 2.40. The number of nitrogens with one attached hydrogen (secondary N) is 2. The molecule has 1 saturated carbocycles. The van der Waals surface area contributed by atoms with Crippen molar-refractivity contribution in [2.24, 2.45) is 10.4 Å². The van der Waals surface area contributed by atoms with Gasteiger partial charge in [0, 0.05) is 40.0 Å². The van der Waals surface area contributed by atoms with Gasteiger partial charge in [0.1, 0.15) is 0 Å². The molecule has 0 aromatic heterocycles. The third-order valence-corrected chi connectivity index (χ3v) is 5.02. The zero-order valence-electron chi connectivity index (χ0n) is 14.7. The summed E-state index contributed by atoms with van der Waals surface area (Å²) in [5.74, 6) is 0.901. The third-order valence-electron chi connectivity index (χ3n) is 5.02. The van der Waals surface area contributed by atoms with Crippen LogP contribution in [-0.2, 0) is 9.47 Å². The molecule has 1 aliphatic heterocycles. The molecule has 0 amide bonds. The van der Waals surface area contributed by atoms with Gasteiger partial charge in [-0.25, -0.2) is 0 Å². The van der Waals surface area contributed by atoms with Crippen LogP contribution >= 0.6 is 24.0 Å². The van der Waals surface area contributed by atoms with Crippen LogP contribution < -0.4 is 10.6 Å². The van der Waals surface area contributed by atoms with Crippen molar-refractivity contribution in [1.29, 1.82) is 0 Å². The Morgan fingerprint density at radius 2 is 2.04 bits per heavy atom. The van der Waals surface area contributed by atoms with Gasteiger partial charge in [-0.1, -0.05) is 12.8 Å². The molecule has 1 saturated heterocycles. The highest BCUT2D eigenvalue weighted by molar-refractivity contribution is 14.0. The maximum atomic E-state index is 5.65. The van der Waals surface area contributed by atoms with Gasteiger partial charge in [-0.15, -0.1) is 24.0 Å². The van der Waals surface area contributed by atoms with Crippen LogP contribution in [0.4, 0.5) is 0 Å². The van der Waals surface area contributed by atoms with Crippen molar-refractivity contribution in [3.8, 4) is 0 Å². The fraction of sp³-hybridized carbons (Fsp3) is 0.941. The number of guanidine groups is 1. The lowest BCUT2D eigenvalue weighted by atomic mass is 9.83. The van der Waals surface area contributed by atoms with Gasteiger partial charge in [-0.05, 0) is 44.4 Å². The van der Waals surface area contributed by atoms with Crippen LogP contribution in [0.2, 0.25) is 0 Å². The summed E-state index contributed by atoms with van der Waals surface area (Å²) in [7, 11) is 1.84. The average molecular weight is 439 g/mol. The van der Waals surface area contributed by atoms with Crippen LogP contribution in [0.25, 0.3) is 0 Å². The van der Waals surface area contributed by atoms with Gasteiger partial charge >= 0.3 is 0 Å². The molecule has 0 aromatic carbocycles. The van der Waals surface area contributed by atoms with Crippen molar-refractivity contribution in [2.75, 3.05) is 40.0 Å². The SMILES string of the molecule is CCOCCC1(CNC(=NC)NCC2CCCO2)CCCC1.I. The number of hydrogen-bond acceptors (Lipinski definition) is 3. The molecular weight excluding hydrogens is 405 g/mol. The largest absolute Gasteiger partial charge is 0.382 e. The Bertz CT molecular complexity index is 341. The highest BCUT2D eigenvalue weighted by Gasteiger charge is 2.33. The number of halogens is 1. The number of rotatable bonds is 8. The predicted molar refractivity (Wildman–Crippen MR) is 106 cm³/mol. The van der Waals surface area contributed by atoms with Crippen molar-refractivity contribution < 1.29 is 9.47 Å². The molecule has 23 heavy (non-hydrogen) atoms. The van der Waals surface area contributed by atoms with Gasteiger partial charge in [0.25, 0.3) is 0 Å². The third kappa shape index (κ3) is 7.13. The van der Waals surface area contributed by atoms with Crippen LogP contribution in [0, 0.1) is 5.41 Å². The minimum Gasteiger partial charge on any atom is -0.382 e. The van der Waals surface area contributed by atoms with Crippen molar-refractivity contribution in [2.45, 2.75) is 58.0 Å². The van der Waals surface area contributed by atoms with E-state index in [0.717, 1.165) is 51.7 Å². The van der Waals surface area contributed by atoms with Crippen molar-refractivity contribution >= 4 is 29.9 Å². The number of aliphatic imine (C=N–C) groups is 1. The smallest absolute Gasteiger partial charge is 0.191 e. The maximum absolute atomic E-state index is 5.65. The molecule has 1 atom stereocenters. The molecule has 1 aliphatic carbocycles. The molecule has 6 heteroatoms. The monoisotopic (exact) mass is 439 g/mol. The second kappa shape index (κ2) is 11.5. The number of nitrogens with zero attached hydrogens (tertiary/aromatic N) is 1. The Morgan fingerprint density at radius 3 is 2.65 bits per heavy atom. The van der Waals surface area contributed by atoms with E-state index in [1.165, 1.54) is 32.1 Å². The first-order valence-corrected chi connectivity index (χ1v) is 8.92. The van der Waals surface area contributed by atoms with E-state index in [4.69, 9.17) is 9.47 Å². The van der Waals surface area contributed by atoms with Crippen molar-refractivity contribution in [3.05, 3.63) is 0 Å². The summed E-state index contributed by atoms with van der Waals surface area (Å²) in [6.45, 7) is 6.50. The Balaban J connectivity index is 0.00000264. The number of ether oxygens (including phenoxy) is 2. The molecule has 2 N–H and O–H groups in total. The Labute approximate surface area is 158 Å². The average Bonchev–Trinajstić information content (AvgIpc) is 3.20. The zero-order valence-corrected chi connectivity index (χ0v) is 17.1. The second-order valence-electron chi connectivity index (χ2n) is 6.60. The normalized spacial score (nSPS) is 23.6. The van der Waals surface area contributed by atoms with Crippen LogP contribution in [-0.4, -0.2) is 52.0 Å². The van der Waals surface area contributed by atoms with Gasteiger partial charge in [0.15, 0.2) is 5.96 Å². The Hall–Kier alpha value is -0.0800. The Morgan fingerprint density at radius 1 is 1.26 bits per heavy atom. The summed E-state index contributed by atoms with van der Waals surface area (Å²) in [5, 5.41) is 6.93. The molecular formula is C17H34IN3O2. The van der Waals surface area contributed by atoms with Crippen LogP contribution in [0.5, 0.6) is 0 Å². The Kier molecular flexibility index (Phi) is 10.5. The molecule has 2 fully saturated rings. The summed E-state index contributed by atoms with van der Waals surface area (Å²) in [6.07, 6.45) is 9.12. The molecule has 0 aromatic rings. The van der Waals surface area contributed by atoms with Crippen molar-refractivity contribution in [1.82, 2.24) is 10.6 Å². The predicted octanol–water partition coefficient (Wildman–Crippen LogP) is 2.94. The van der Waals surface area contributed by atoms with Gasteiger partial charge in [0.2, 0.25) is 0 Å². The molecule has 136 valence electrons. The summed E-state index contributed by atoms with van der Waals surface area (Å²) in [6, 6.07) is 0. The maximum Gasteiger partial charge on any atom is 0.191 e. The fourth-order valence-electron chi connectivity index (χ4n) is 3.58. The lowest BCUT2D eigenvalue weighted by molar-refractivity contribution is 0.104. The van der Waals surface area contributed by atoms with E-state index in [1.54, 1.807) is 0 Å².